The Labute approximate surface area is 127 Å². The third kappa shape index (κ3) is 2.92. The van der Waals surface area contributed by atoms with Crippen LogP contribution in [-0.4, -0.2) is 26.0 Å². The Hall–Kier alpha value is -1.89. The number of nitrogens with zero attached hydrogens (tertiary/aromatic N) is 4. The molecule has 6 nitrogen and oxygen atoms in total. The summed E-state index contributed by atoms with van der Waals surface area (Å²) in [5, 5.41) is 12.8. The van der Waals surface area contributed by atoms with Gasteiger partial charge in [-0.25, -0.2) is 4.68 Å². The van der Waals surface area contributed by atoms with Gasteiger partial charge < -0.3 is 5.73 Å². The Balaban J connectivity index is 1.85. The van der Waals surface area contributed by atoms with Crippen LogP contribution in [0.5, 0.6) is 0 Å². The number of nitrogens with two attached hydrogens (primary N) is 1. The van der Waals surface area contributed by atoms with Crippen molar-refractivity contribution in [1.29, 1.82) is 0 Å². The molecule has 2 N–H and O–H groups in total. The molecule has 0 aliphatic heterocycles. The van der Waals surface area contributed by atoms with E-state index in [0.29, 0.717) is 17.3 Å². The lowest BCUT2D eigenvalue weighted by molar-refractivity contribution is 0.101. The molecule has 0 saturated heterocycles. The van der Waals surface area contributed by atoms with Crippen molar-refractivity contribution in [1.82, 2.24) is 20.2 Å². The zero-order valence-electron chi connectivity index (χ0n) is 11.8. The van der Waals surface area contributed by atoms with Crippen molar-refractivity contribution in [2.45, 2.75) is 48.7 Å². The fraction of sp³-hybridized carbons (Fsp3) is 0.429. The van der Waals surface area contributed by atoms with Crippen LogP contribution in [-0.2, 0) is 0 Å². The van der Waals surface area contributed by atoms with Gasteiger partial charge in [0.15, 0.2) is 5.78 Å². The number of anilines is 1. The van der Waals surface area contributed by atoms with Crippen LogP contribution in [0.3, 0.4) is 0 Å². The highest BCUT2D eigenvalue weighted by molar-refractivity contribution is 7.99. The lowest BCUT2D eigenvalue weighted by atomic mass is 10.1. The number of carbonyl (C=O) groups is 1. The number of Topliss-reactive ketones (excluding diaryl/α,β-unsaturated/α-hetero) is 1. The molecular weight excluding hydrogens is 286 g/mol. The first-order valence-electron chi connectivity index (χ1n) is 7.01. The first kappa shape index (κ1) is 14.1. The molecule has 110 valence electrons. The summed E-state index contributed by atoms with van der Waals surface area (Å²) in [6, 6.07) is 5.84. The van der Waals surface area contributed by atoms with Gasteiger partial charge in [-0.15, -0.1) is 5.10 Å². The normalized spacial score (nSPS) is 15.5. The standard InChI is InChI=1S/C14H17N5OS/c1-9(20)12-8-11(6-7-13(12)15)21-14-16-17-18-19(14)10-4-2-3-5-10/h6-8,10H,2-5,15H2,1H3. The Bertz CT molecular complexity index is 663. The van der Waals surface area contributed by atoms with E-state index in [0.717, 1.165) is 22.9 Å². The van der Waals surface area contributed by atoms with E-state index in [2.05, 4.69) is 15.5 Å². The number of benzene rings is 1. The number of aromatic nitrogens is 4. The minimum atomic E-state index is -0.0367. The zero-order valence-corrected chi connectivity index (χ0v) is 12.6. The lowest BCUT2D eigenvalue weighted by Crippen LogP contribution is -2.08. The molecule has 2 aromatic rings. The van der Waals surface area contributed by atoms with E-state index < -0.39 is 0 Å². The fourth-order valence-electron chi connectivity index (χ4n) is 2.64. The molecule has 0 atom stereocenters. The van der Waals surface area contributed by atoms with E-state index in [1.165, 1.54) is 31.5 Å². The molecule has 1 aromatic heterocycles. The van der Waals surface area contributed by atoms with Gasteiger partial charge in [-0.2, -0.15) is 0 Å². The van der Waals surface area contributed by atoms with Gasteiger partial charge in [0.25, 0.3) is 0 Å². The highest BCUT2D eigenvalue weighted by Gasteiger charge is 2.22. The van der Waals surface area contributed by atoms with Crippen molar-refractivity contribution in [3.63, 3.8) is 0 Å². The van der Waals surface area contributed by atoms with Gasteiger partial charge in [-0.3, -0.25) is 4.79 Å². The summed E-state index contributed by atoms with van der Waals surface area (Å²) in [6.07, 6.45) is 4.70. The van der Waals surface area contributed by atoms with Crippen LogP contribution in [0.2, 0.25) is 0 Å². The van der Waals surface area contributed by atoms with E-state index in [-0.39, 0.29) is 5.78 Å². The summed E-state index contributed by atoms with van der Waals surface area (Å²) in [7, 11) is 0. The third-order valence-electron chi connectivity index (χ3n) is 3.75. The summed E-state index contributed by atoms with van der Waals surface area (Å²) >= 11 is 1.47. The van der Waals surface area contributed by atoms with Crippen LogP contribution >= 0.6 is 11.8 Å². The molecule has 0 radical (unpaired) electrons. The highest BCUT2D eigenvalue weighted by atomic mass is 32.2. The summed E-state index contributed by atoms with van der Waals surface area (Å²) in [5.41, 5.74) is 6.86. The van der Waals surface area contributed by atoms with Crippen molar-refractivity contribution >= 4 is 23.2 Å². The van der Waals surface area contributed by atoms with Gasteiger partial charge in [-0.1, -0.05) is 12.8 Å². The average Bonchev–Trinajstić information content (AvgIpc) is 3.11. The van der Waals surface area contributed by atoms with Crippen LogP contribution in [0.4, 0.5) is 5.69 Å². The van der Waals surface area contributed by atoms with Crippen LogP contribution < -0.4 is 5.73 Å². The predicted molar refractivity (Wildman–Crippen MR) is 80.3 cm³/mol. The summed E-state index contributed by atoms with van der Waals surface area (Å²) in [6.45, 7) is 1.52. The quantitative estimate of drug-likeness (QED) is 0.690. The van der Waals surface area contributed by atoms with E-state index in [1.54, 1.807) is 12.1 Å². The summed E-state index contributed by atoms with van der Waals surface area (Å²) in [5.74, 6) is -0.0367. The smallest absolute Gasteiger partial charge is 0.214 e. The van der Waals surface area contributed by atoms with E-state index >= 15 is 0 Å². The average molecular weight is 303 g/mol. The van der Waals surface area contributed by atoms with Crippen molar-refractivity contribution in [3.8, 4) is 0 Å². The van der Waals surface area contributed by atoms with E-state index in [9.17, 15) is 4.79 Å². The minimum absolute atomic E-state index is 0.0367. The van der Waals surface area contributed by atoms with Crippen LogP contribution in [0.15, 0.2) is 28.3 Å². The zero-order chi connectivity index (χ0) is 14.8. The lowest BCUT2D eigenvalue weighted by Gasteiger charge is -2.11. The molecule has 0 amide bonds. The van der Waals surface area contributed by atoms with Gasteiger partial charge >= 0.3 is 0 Å². The molecule has 1 saturated carbocycles. The molecule has 0 spiro atoms. The molecule has 1 fully saturated rings. The van der Waals surface area contributed by atoms with Crippen LogP contribution in [0.1, 0.15) is 49.0 Å². The molecule has 1 aromatic carbocycles. The highest BCUT2D eigenvalue weighted by Crippen LogP contribution is 2.34. The summed E-state index contributed by atoms with van der Waals surface area (Å²) in [4.78, 5) is 12.5. The topological polar surface area (TPSA) is 86.7 Å². The number of carbonyl (C=O) groups excluding carboxylic acids is 1. The Morgan fingerprint density at radius 3 is 2.86 bits per heavy atom. The molecule has 7 heteroatoms. The molecule has 21 heavy (non-hydrogen) atoms. The molecule has 1 aliphatic carbocycles. The van der Waals surface area contributed by atoms with E-state index in [4.69, 9.17) is 5.73 Å². The second kappa shape index (κ2) is 5.85. The molecule has 1 aliphatic rings. The molecular formula is C14H17N5OS. The number of hydrogen-bond donors (Lipinski definition) is 1. The maximum Gasteiger partial charge on any atom is 0.214 e. The Kier molecular flexibility index (Phi) is 3.92. The van der Waals surface area contributed by atoms with Gasteiger partial charge in [0, 0.05) is 16.1 Å². The number of tetrazole rings is 1. The largest absolute Gasteiger partial charge is 0.398 e. The first-order valence-corrected chi connectivity index (χ1v) is 7.83. The van der Waals surface area contributed by atoms with Crippen LogP contribution in [0.25, 0.3) is 0 Å². The first-order chi connectivity index (χ1) is 10.1. The van der Waals surface area contributed by atoms with Gasteiger partial charge in [-0.05, 0) is 60.2 Å². The van der Waals surface area contributed by atoms with Crippen molar-refractivity contribution in [2.75, 3.05) is 5.73 Å². The number of nitrogen functional groups attached to an aromatic ring is 1. The summed E-state index contributed by atoms with van der Waals surface area (Å²) < 4.78 is 1.90. The number of ketones is 1. The molecule has 0 unspecified atom stereocenters. The maximum atomic E-state index is 11.6. The fourth-order valence-corrected chi connectivity index (χ4v) is 3.52. The van der Waals surface area contributed by atoms with Gasteiger partial charge in [0.2, 0.25) is 5.16 Å². The van der Waals surface area contributed by atoms with Gasteiger partial charge in [0.05, 0.1) is 6.04 Å². The second-order valence-corrected chi connectivity index (χ2v) is 6.29. The van der Waals surface area contributed by atoms with Crippen LogP contribution in [0, 0.1) is 0 Å². The monoisotopic (exact) mass is 303 g/mol. The SMILES string of the molecule is CC(=O)c1cc(Sc2nnnn2C2CCCC2)ccc1N. The molecule has 1 heterocycles. The van der Waals surface area contributed by atoms with E-state index in [1.807, 2.05) is 10.7 Å². The van der Waals surface area contributed by atoms with Crippen molar-refractivity contribution in [2.24, 2.45) is 0 Å². The Morgan fingerprint density at radius 2 is 2.14 bits per heavy atom. The van der Waals surface area contributed by atoms with Gasteiger partial charge in [0.1, 0.15) is 0 Å². The molecule has 3 rings (SSSR count). The number of hydrogen-bond acceptors (Lipinski definition) is 6. The van der Waals surface area contributed by atoms with Crippen molar-refractivity contribution in [3.05, 3.63) is 23.8 Å². The maximum absolute atomic E-state index is 11.6. The number of rotatable bonds is 4. The minimum Gasteiger partial charge on any atom is -0.398 e. The third-order valence-corrected chi connectivity index (χ3v) is 4.69. The molecule has 0 bridgehead atoms. The predicted octanol–water partition coefficient (Wildman–Crippen LogP) is 2.72. The van der Waals surface area contributed by atoms with Crippen molar-refractivity contribution < 1.29 is 4.79 Å². The second-order valence-electron chi connectivity index (χ2n) is 5.25. The Morgan fingerprint density at radius 1 is 1.38 bits per heavy atom.